The van der Waals surface area contributed by atoms with Gasteiger partial charge in [-0.2, -0.15) is 0 Å². The lowest BCUT2D eigenvalue weighted by Crippen LogP contribution is -1.95. The van der Waals surface area contributed by atoms with Crippen LogP contribution in [-0.2, 0) is 0 Å². The van der Waals surface area contributed by atoms with Crippen LogP contribution >= 0.6 is 0 Å². The van der Waals surface area contributed by atoms with Crippen molar-refractivity contribution in [1.82, 2.24) is 4.98 Å². The Hall–Kier alpha value is -4.11. The molecule has 1 heterocycles. The second-order valence-corrected chi connectivity index (χ2v) is 7.62. The Labute approximate surface area is 173 Å². The summed E-state index contributed by atoms with van der Waals surface area (Å²) >= 11 is 0. The molecule has 0 spiro atoms. The van der Waals surface area contributed by atoms with Crippen molar-refractivity contribution in [3.8, 4) is 0 Å². The molecular weight excluding hydrogens is 366 g/mol. The highest BCUT2D eigenvalue weighted by Crippen LogP contribution is 2.36. The van der Waals surface area contributed by atoms with Gasteiger partial charge in [0.2, 0.25) is 0 Å². The predicted molar refractivity (Wildman–Crippen MR) is 128 cm³/mol. The predicted octanol–water partition coefficient (Wildman–Crippen LogP) is 7.37. The molecule has 0 radical (unpaired) electrons. The summed E-state index contributed by atoms with van der Waals surface area (Å²) < 4.78 is 0. The molecule has 0 aliphatic rings. The first-order valence-electron chi connectivity index (χ1n) is 10.0. The number of aromatic amines is 1. The number of benzene rings is 5. The molecule has 0 fully saturated rings. The van der Waals surface area contributed by atoms with Gasteiger partial charge in [-0.1, -0.05) is 54.6 Å². The Kier molecular flexibility index (Phi) is 3.62. The smallest absolute Gasteiger partial charge is 0.0481 e. The maximum absolute atomic E-state index is 8.16. The number of hydrogen-bond acceptors (Lipinski definition) is 2. The van der Waals surface area contributed by atoms with Gasteiger partial charge in [0.15, 0.2) is 0 Å². The number of aromatic nitrogens is 1. The molecule has 3 N–H and O–H groups in total. The number of nitrogens with one attached hydrogen (secondary N) is 3. The molecule has 0 aliphatic heterocycles. The minimum Gasteiger partial charge on any atom is -0.355 e. The zero-order valence-electron chi connectivity index (χ0n) is 16.2. The second kappa shape index (κ2) is 6.46. The van der Waals surface area contributed by atoms with Crippen molar-refractivity contribution in [2.24, 2.45) is 0 Å². The fourth-order valence-corrected chi connectivity index (χ4v) is 4.46. The van der Waals surface area contributed by atoms with Gasteiger partial charge in [0.1, 0.15) is 0 Å². The van der Waals surface area contributed by atoms with Crippen molar-refractivity contribution in [3.63, 3.8) is 0 Å². The summed E-state index contributed by atoms with van der Waals surface area (Å²) in [6.07, 6.45) is 1.45. The van der Waals surface area contributed by atoms with Crippen molar-refractivity contribution >= 4 is 60.9 Å². The molecule has 30 heavy (non-hydrogen) atoms. The third-order valence-electron chi connectivity index (χ3n) is 5.86. The molecule has 0 amide bonds. The Morgan fingerprint density at radius 1 is 0.667 bits per heavy atom. The van der Waals surface area contributed by atoms with Crippen LogP contribution in [0.15, 0.2) is 91.0 Å². The average molecular weight is 385 g/mol. The number of anilines is 2. The normalized spacial score (nSPS) is 11.5. The first-order valence-corrected chi connectivity index (χ1v) is 10.0. The molecule has 3 nitrogen and oxygen atoms in total. The quantitative estimate of drug-likeness (QED) is 0.216. The molecule has 0 atom stereocenters. The molecule has 142 valence electrons. The lowest BCUT2D eigenvalue weighted by molar-refractivity contribution is 1.51. The molecular formula is C27H19N3. The number of hydrogen-bond donors (Lipinski definition) is 3. The van der Waals surface area contributed by atoms with E-state index in [0.717, 1.165) is 38.7 Å². The number of fused-ring (bicyclic) bond motifs is 6. The third-order valence-corrected chi connectivity index (χ3v) is 5.86. The van der Waals surface area contributed by atoms with Crippen molar-refractivity contribution in [3.05, 3.63) is 96.6 Å². The highest BCUT2D eigenvalue weighted by molar-refractivity contribution is 6.21. The highest BCUT2D eigenvalue weighted by atomic mass is 14.9. The minimum absolute atomic E-state index is 0.891. The molecule has 6 aromatic rings. The van der Waals surface area contributed by atoms with Crippen LogP contribution in [0.3, 0.4) is 0 Å². The molecule has 0 unspecified atom stereocenters. The van der Waals surface area contributed by atoms with Crippen LogP contribution in [0.2, 0.25) is 0 Å². The molecule has 1 aromatic heterocycles. The van der Waals surface area contributed by atoms with Crippen LogP contribution < -0.4 is 5.32 Å². The van der Waals surface area contributed by atoms with Crippen molar-refractivity contribution < 1.29 is 0 Å². The average Bonchev–Trinajstić information content (AvgIpc) is 3.16. The van der Waals surface area contributed by atoms with Gasteiger partial charge in [0.05, 0.1) is 0 Å². The Bertz CT molecular complexity index is 1580. The van der Waals surface area contributed by atoms with Gasteiger partial charge in [-0.3, -0.25) is 0 Å². The lowest BCUT2D eigenvalue weighted by atomic mass is 9.98. The number of H-pyrrole nitrogens is 1. The van der Waals surface area contributed by atoms with Gasteiger partial charge in [-0.05, 0) is 57.9 Å². The fourth-order valence-electron chi connectivity index (χ4n) is 4.46. The van der Waals surface area contributed by atoms with E-state index in [4.69, 9.17) is 5.41 Å². The van der Waals surface area contributed by atoms with Crippen LogP contribution in [0.1, 0.15) is 5.56 Å². The largest absolute Gasteiger partial charge is 0.355 e. The second-order valence-electron chi connectivity index (χ2n) is 7.62. The summed E-state index contributed by atoms with van der Waals surface area (Å²) in [5, 5.41) is 18.8. The van der Waals surface area contributed by atoms with E-state index in [1.54, 1.807) is 0 Å². The van der Waals surface area contributed by atoms with E-state index in [-0.39, 0.29) is 0 Å². The highest BCUT2D eigenvalue weighted by Gasteiger charge is 2.13. The third kappa shape index (κ3) is 2.49. The summed E-state index contributed by atoms with van der Waals surface area (Å²) in [5.41, 5.74) is 4.97. The molecule has 3 heteroatoms. The van der Waals surface area contributed by atoms with E-state index in [1.807, 2.05) is 36.4 Å². The van der Waals surface area contributed by atoms with Crippen LogP contribution in [0.4, 0.5) is 11.4 Å². The van der Waals surface area contributed by atoms with Crippen LogP contribution in [0.25, 0.3) is 43.4 Å². The summed E-state index contributed by atoms with van der Waals surface area (Å²) in [6, 6.07) is 31.6. The van der Waals surface area contributed by atoms with Crippen LogP contribution in [-0.4, -0.2) is 11.2 Å². The van der Waals surface area contributed by atoms with Crippen molar-refractivity contribution in [1.29, 1.82) is 5.41 Å². The molecule has 6 rings (SSSR count). The topological polar surface area (TPSA) is 51.7 Å². The first-order chi connectivity index (χ1) is 14.8. The SMILES string of the molecule is N=Cc1c(Nc2ccccc2)ccc2[nH]c3cc4ccc5ccccc5c4cc3c12. The fraction of sp³-hybridized carbons (Fsp3) is 0. The number of rotatable bonds is 3. The summed E-state index contributed by atoms with van der Waals surface area (Å²) in [5.74, 6) is 0. The van der Waals surface area contributed by atoms with E-state index in [0.29, 0.717) is 0 Å². The number of para-hydroxylation sites is 1. The lowest BCUT2D eigenvalue weighted by Gasteiger charge is -2.11. The van der Waals surface area contributed by atoms with Gasteiger partial charge in [0, 0.05) is 45.0 Å². The van der Waals surface area contributed by atoms with Crippen molar-refractivity contribution in [2.45, 2.75) is 0 Å². The molecule has 0 bridgehead atoms. The Morgan fingerprint density at radius 2 is 1.47 bits per heavy atom. The first kappa shape index (κ1) is 16.8. The maximum Gasteiger partial charge on any atom is 0.0481 e. The summed E-state index contributed by atoms with van der Waals surface area (Å²) in [6.45, 7) is 0. The van der Waals surface area contributed by atoms with E-state index < -0.39 is 0 Å². The van der Waals surface area contributed by atoms with Gasteiger partial charge in [0.25, 0.3) is 0 Å². The Morgan fingerprint density at radius 3 is 2.33 bits per heavy atom. The maximum atomic E-state index is 8.16. The van der Waals surface area contributed by atoms with Gasteiger partial charge < -0.3 is 15.7 Å². The molecule has 0 saturated heterocycles. The van der Waals surface area contributed by atoms with Gasteiger partial charge in [-0.25, -0.2) is 0 Å². The van der Waals surface area contributed by atoms with E-state index >= 15 is 0 Å². The van der Waals surface area contributed by atoms with E-state index in [9.17, 15) is 0 Å². The summed E-state index contributed by atoms with van der Waals surface area (Å²) in [7, 11) is 0. The van der Waals surface area contributed by atoms with E-state index in [2.05, 4.69) is 64.9 Å². The molecule has 5 aromatic carbocycles. The monoisotopic (exact) mass is 385 g/mol. The van der Waals surface area contributed by atoms with Crippen molar-refractivity contribution in [2.75, 3.05) is 5.32 Å². The molecule has 0 saturated carbocycles. The minimum atomic E-state index is 0.891. The van der Waals surface area contributed by atoms with E-state index in [1.165, 1.54) is 27.8 Å². The zero-order valence-corrected chi connectivity index (χ0v) is 16.2. The standard InChI is InChI=1S/C27H19N3/c28-16-23-24(29-19-7-2-1-3-8-19)12-13-25-27(23)22-15-21-18(14-26(22)30-25)11-10-17-6-4-5-9-20(17)21/h1-16,28-30H. The van der Waals surface area contributed by atoms with Crippen LogP contribution in [0, 0.1) is 5.41 Å². The van der Waals surface area contributed by atoms with Crippen LogP contribution in [0.5, 0.6) is 0 Å². The molecule has 0 aliphatic carbocycles. The van der Waals surface area contributed by atoms with Gasteiger partial charge in [-0.15, -0.1) is 0 Å². The summed E-state index contributed by atoms with van der Waals surface area (Å²) in [4.78, 5) is 3.55. The Balaban J connectivity index is 1.67. The zero-order chi connectivity index (χ0) is 20.1. The van der Waals surface area contributed by atoms with Gasteiger partial charge >= 0.3 is 0 Å².